The van der Waals surface area contributed by atoms with E-state index in [1.54, 1.807) is 6.08 Å². The van der Waals surface area contributed by atoms with Gasteiger partial charge in [-0.2, -0.15) is 0 Å². The zero-order valence-electron chi connectivity index (χ0n) is 8.26. The van der Waals surface area contributed by atoms with Crippen molar-refractivity contribution in [2.45, 2.75) is 18.9 Å². The van der Waals surface area contributed by atoms with E-state index in [-0.39, 0.29) is 6.10 Å². The van der Waals surface area contributed by atoms with Gasteiger partial charge in [-0.3, -0.25) is 0 Å². The lowest BCUT2D eigenvalue weighted by Gasteiger charge is -2.02. The van der Waals surface area contributed by atoms with E-state index in [1.165, 1.54) is 5.56 Å². The topological polar surface area (TPSA) is 20.2 Å². The van der Waals surface area contributed by atoms with E-state index in [4.69, 9.17) is 0 Å². The monoisotopic (exact) mass is 188 g/mol. The molecule has 0 radical (unpaired) electrons. The molecule has 0 heterocycles. The van der Waals surface area contributed by atoms with E-state index in [2.05, 4.69) is 6.58 Å². The summed E-state index contributed by atoms with van der Waals surface area (Å²) in [5, 5.41) is 9.40. The van der Waals surface area contributed by atoms with Gasteiger partial charge in [0.2, 0.25) is 0 Å². The van der Waals surface area contributed by atoms with Crippen LogP contribution >= 0.6 is 0 Å². The van der Waals surface area contributed by atoms with Gasteiger partial charge in [0, 0.05) is 0 Å². The maximum Gasteiger partial charge on any atom is 0.0609 e. The molecule has 0 spiro atoms. The second-order valence-electron chi connectivity index (χ2n) is 3.23. The molecule has 1 aromatic carbocycles. The van der Waals surface area contributed by atoms with Crippen LogP contribution in [0, 0.1) is 0 Å². The van der Waals surface area contributed by atoms with Crippen molar-refractivity contribution in [1.82, 2.24) is 0 Å². The first-order chi connectivity index (χ1) is 6.83. The molecule has 1 heteroatoms. The average Bonchev–Trinajstić information content (AvgIpc) is 2.20. The molecule has 0 saturated heterocycles. The largest absolute Gasteiger partial charge is 0.392 e. The standard InChI is InChI=1S/C13H16O/c1-2-7-13(14)11-6-10-12-8-4-3-5-9-12/h2-6,8-10,13-14H,1,7,11H2/b10-6+/t13-/m0/s1. The van der Waals surface area contributed by atoms with Crippen LogP contribution in [0.4, 0.5) is 0 Å². The van der Waals surface area contributed by atoms with E-state index < -0.39 is 0 Å². The van der Waals surface area contributed by atoms with Crippen molar-refractivity contribution in [3.63, 3.8) is 0 Å². The fraction of sp³-hybridized carbons (Fsp3) is 0.231. The van der Waals surface area contributed by atoms with Gasteiger partial charge in [0.15, 0.2) is 0 Å². The second-order valence-corrected chi connectivity index (χ2v) is 3.23. The van der Waals surface area contributed by atoms with Crippen molar-refractivity contribution in [3.8, 4) is 0 Å². The third kappa shape index (κ3) is 4.06. The maximum atomic E-state index is 9.40. The smallest absolute Gasteiger partial charge is 0.0609 e. The Morgan fingerprint density at radius 1 is 1.21 bits per heavy atom. The van der Waals surface area contributed by atoms with Gasteiger partial charge in [-0.15, -0.1) is 6.58 Å². The molecule has 0 aliphatic rings. The summed E-state index contributed by atoms with van der Waals surface area (Å²) in [4.78, 5) is 0. The molecule has 0 unspecified atom stereocenters. The average molecular weight is 188 g/mol. The van der Waals surface area contributed by atoms with Crippen LogP contribution in [-0.2, 0) is 0 Å². The lowest BCUT2D eigenvalue weighted by atomic mass is 10.1. The molecular weight excluding hydrogens is 172 g/mol. The Morgan fingerprint density at radius 2 is 1.93 bits per heavy atom. The van der Waals surface area contributed by atoms with Gasteiger partial charge in [0.25, 0.3) is 0 Å². The lowest BCUT2D eigenvalue weighted by Crippen LogP contribution is -2.01. The highest BCUT2D eigenvalue weighted by atomic mass is 16.3. The highest BCUT2D eigenvalue weighted by Crippen LogP contribution is 2.04. The van der Waals surface area contributed by atoms with Crippen molar-refractivity contribution < 1.29 is 5.11 Å². The molecule has 0 aliphatic heterocycles. The second kappa shape index (κ2) is 6.17. The summed E-state index contributed by atoms with van der Waals surface area (Å²) < 4.78 is 0. The van der Waals surface area contributed by atoms with E-state index in [0.29, 0.717) is 12.8 Å². The van der Waals surface area contributed by atoms with Crippen LogP contribution in [0.3, 0.4) is 0 Å². The molecule has 1 rings (SSSR count). The molecular formula is C13H16O. The molecule has 0 saturated carbocycles. The molecule has 74 valence electrons. The zero-order valence-corrected chi connectivity index (χ0v) is 8.26. The van der Waals surface area contributed by atoms with Gasteiger partial charge in [0.1, 0.15) is 0 Å². The normalized spacial score (nSPS) is 12.9. The van der Waals surface area contributed by atoms with Crippen LogP contribution in [0.25, 0.3) is 6.08 Å². The number of hydrogen-bond acceptors (Lipinski definition) is 1. The van der Waals surface area contributed by atoms with Crippen LogP contribution in [0.2, 0.25) is 0 Å². The van der Waals surface area contributed by atoms with Crippen LogP contribution in [-0.4, -0.2) is 11.2 Å². The van der Waals surface area contributed by atoms with Crippen molar-refractivity contribution in [1.29, 1.82) is 0 Å². The van der Waals surface area contributed by atoms with Crippen LogP contribution in [0.5, 0.6) is 0 Å². The Morgan fingerprint density at radius 3 is 2.57 bits per heavy atom. The number of aliphatic hydroxyl groups is 1. The van der Waals surface area contributed by atoms with Crippen molar-refractivity contribution in [2.75, 3.05) is 0 Å². The summed E-state index contributed by atoms with van der Waals surface area (Å²) in [5.74, 6) is 0. The van der Waals surface area contributed by atoms with Gasteiger partial charge < -0.3 is 5.11 Å². The molecule has 0 bridgehead atoms. The molecule has 1 atom stereocenters. The summed E-state index contributed by atoms with van der Waals surface area (Å²) >= 11 is 0. The van der Waals surface area contributed by atoms with Gasteiger partial charge >= 0.3 is 0 Å². The number of rotatable bonds is 5. The molecule has 0 aromatic heterocycles. The van der Waals surface area contributed by atoms with Crippen molar-refractivity contribution in [2.24, 2.45) is 0 Å². The Balaban J connectivity index is 2.37. The summed E-state index contributed by atoms with van der Waals surface area (Å²) in [6, 6.07) is 10.1. The molecule has 0 amide bonds. The molecule has 1 N–H and O–H groups in total. The number of benzene rings is 1. The van der Waals surface area contributed by atoms with Crippen molar-refractivity contribution >= 4 is 6.08 Å². The number of hydrogen-bond donors (Lipinski definition) is 1. The van der Waals surface area contributed by atoms with Crippen LogP contribution in [0.1, 0.15) is 18.4 Å². The third-order valence-corrected chi connectivity index (χ3v) is 1.96. The van der Waals surface area contributed by atoms with Gasteiger partial charge in [-0.1, -0.05) is 48.6 Å². The summed E-state index contributed by atoms with van der Waals surface area (Å²) in [6.07, 6.45) is 6.78. The minimum absolute atomic E-state index is 0.299. The van der Waals surface area contributed by atoms with Crippen LogP contribution < -0.4 is 0 Å². The number of aliphatic hydroxyl groups excluding tert-OH is 1. The summed E-state index contributed by atoms with van der Waals surface area (Å²) in [7, 11) is 0. The van der Waals surface area contributed by atoms with Gasteiger partial charge in [-0.05, 0) is 18.4 Å². The Hall–Kier alpha value is -1.34. The van der Waals surface area contributed by atoms with Crippen molar-refractivity contribution in [3.05, 3.63) is 54.6 Å². The zero-order chi connectivity index (χ0) is 10.2. The summed E-state index contributed by atoms with van der Waals surface area (Å²) in [6.45, 7) is 3.58. The quantitative estimate of drug-likeness (QED) is 0.704. The molecule has 1 aromatic rings. The Labute approximate surface area is 85.4 Å². The molecule has 0 fully saturated rings. The fourth-order valence-electron chi connectivity index (χ4n) is 1.21. The minimum Gasteiger partial charge on any atom is -0.392 e. The Kier molecular flexibility index (Phi) is 4.73. The van der Waals surface area contributed by atoms with Gasteiger partial charge in [0.05, 0.1) is 6.10 Å². The highest BCUT2D eigenvalue weighted by Gasteiger charge is 1.96. The predicted molar refractivity (Wildman–Crippen MR) is 60.9 cm³/mol. The predicted octanol–water partition coefficient (Wildman–Crippen LogP) is 3.03. The Bertz CT molecular complexity index is 287. The molecule has 1 nitrogen and oxygen atoms in total. The molecule has 0 aliphatic carbocycles. The summed E-state index contributed by atoms with van der Waals surface area (Å²) in [5.41, 5.74) is 1.17. The third-order valence-electron chi connectivity index (χ3n) is 1.96. The fourth-order valence-corrected chi connectivity index (χ4v) is 1.21. The SMILES string of the molecule is C=CC[C@H](O)C/C=C/c1ccccc1. The maximum absolute atomic E-state index is 9.40. The first-order valence-corrected chi connectivity index (χ1v) is 4.83. The minimum atomic E-state index is -0.299. The molecule has 14 heavy (non-hydrogen) atoms. The van der Waals surface area contributed by atoms with Crippen LogP contribution in [0.15, 0.2) is 49.1 Å². The van der Waals surface area contributed by atoms with E-state index >= 15 is 0 Å². The van der Waals surface area contributed by atoms with E-state index in [1.807, 2.05) is 42.5 Å². The van der Waals surface area contributed by atoms with E-state index in [0.717, 1.165) is 0 Å². The first-order valence-electron chi connectivity index (χ1n) is 4.83. The lowest BCUT2D eigenvalue weighted by molar-refractivity contribution is 0.181. The highest BCUT2D eigenvalue weighted by molar-refractivity contribution is 5.48. The van der Waals surface area contributed by atoms with Gasteiger partial charge in [-0.25, -0.2) is 0 Å². The first kappa shape index (κ1) is 10.7. The van der Waals surface area contributed by atoms with E-state index in [9.17, 15) is 5.11 Å².